The van der Waals surface area contributed by atoms with E-state index in [9.17, 15) is 4.79 Å². The van der Waals surface area contributed by atoms with Crippen molar-refractivity contribution in [1.29, 1.82) is 0 Å². The van der Waals surface area contributed by atoms with Crippen molar-refractivity contribution in [3.8, 4) is 0 Å². The number of hydrogen-bond donors (Lipinski definition) is 1. The van der Waals surface area contributed by atoms with E-state index in [-0.39, 0.29) is 30.3 Å². The second kappa shape index (κ2) is 7.59. The molecule has 0 unspecified atom stereocenters. The fourth-order valence-electron chi connectivity index (χ4n) is 3.83. The van der Waals surface area contributed by atoms with Crippen molar-refractivity contribution in [3.05, 3.63) is 71.3 Å². The van der Waals surface area contributed by atoms with Gasteiger partial charge in [0, 0.05) is 25.0 Å². The number of nitrogens with zero attached hydrogens (tertiary/aromatic N) is 1. The average Bonchev–Trinajstić information content (AvgIpc) is 2.97. The van der Waals surface area contributed by atoms with Crippen LogP contribution in [-0.2, 0) is 10.2 Å². The highest BCUT2D eigenvalue weighted by Crippen LogP contribution is 2.33. The molecule has 25 heavy (non-hydrogen) atoms. The third kappa shape index (κ3) is 3.73. The number of nitrogens with two attached hydrogens (primary N) is 1. The average molecular weight is 359 g/mol. The molecule has 2 atom stereocenters. The van der Waals surface area contributed by atoms with Gasteiger partial charge in [-0.3, -0.25) is 4.79 Å². The standard InChI is InChI=1S/C21H26N2O.ClH/c1-15-9-7-8-12-18(15)21(2,3)20(24)23-13-17(19(22)14-23)16-10-5-4-6-11-16;/h4-12,17,19H,13-14,22H2,1-3H3;1H/t17-,19+;/m0./s1. The lowest BCUT2D eigenvalue weighted by Gasteiger charge is -2.31. The van der Waals surface area contributed by atoms with Gasteiger partial charge in [-0.1, -0.05) is 54.6 Å². The third-order valence-electron chi connectivity index (χ3n) is 5.23. The molecule has 0 radical (unpaired) electrons. The number of carbonyl (C=O) groups excluding carboxylic acids is 1. The van der Waals surface area contributed by atoms with Crippen molar-refractivity contribution in [2.24, 2.45) is 5.73 Å². The summed E-state index contributed by atoms with van der Waals surface area (Å²) in [5.41, 5.74) is 9.27. The lowest BCUT2D eigenvalue weighted by atomic mass is 9.81. The number of amides is 1. The maximum Gasteiger partial charge on any atom is 0.232 e. The summed E-state index contributed by atoms with van der Waals surface area (Å²) in [5, 5.41) is 0. The third-order valence-corrected chi connectivity index (χ3v) is 5.23. The number of aryl methyl sites for hydroxylation is 1. The largest absolute Gasteiger partial charge is 0.340 e. The van der Waals surface area contributed by atoms with Crippen LogP contribution >= 0.6 is 12.4 Å². The maximum absolute atomic E-state index is 13.2. The molecule has 1 fully saturated rings. The minimum absolute atomic E-state index is 0. The van der Waals surface area contributed by atoms with Crippen molar-refractivity contribution in [2.45, 2.75) is 38.1 Å². The Morgan fingerprint density at radius 2 is 1.64 bits per heavy atom. The molecule has 1 heterocycles. The first-order valence-corrected chi connectivity index (χ1v) is 8.57. The summed E-state index contributed by atoms with van der Waals surface area (Å²) >= 11 is 0. The van der Waals surface area contributed by atoms with E-state index in [1.807, 2.05) is 49.1 Å². The first-order valence-electron chi connectivity index (χ1n) is 8.57. The van der Waals surface area contributed by atoms with Crippen LogP contribution in [0.15, 0.2) is 54.6 Å². The molecule has 1 saturated heterocycles. The molecule has 2 N–H and O–H groups in total. The molecule has 0 bridgehead atoms. The van der Waals surface area contributed by atoms with Gasteiger partial charge >= 0.3 is 0 Å². The highest BCUT2D eigenvalue weighted by atomic mass is 35.5. The zero-order valence-electron chi connectivity index (χ0n) is 15.1. The van der Waals surface area contributed by atoms with E-state index in [4.69, 9.17) is 5.73 Å². The molecule has 134 valence electrons. The van der Waals surface area contributed by atoms with Crippen LogP contribution in [0.4, 0.5) is 0 Å². The SMILES string of the molecule is Cc1ccccc1C(C)(C)C(=O)N1C[C@@H](N)[C@H](c2ccccc2)C1.Cl. The Morgan fingerprint density at radius 3 is 2.28 bits per heavy atom. The summed E-state index contributed by atoms with van der Waals surface area (Å²) in [4.78, 5) is 15.2. The molecular weight excluding hydrogens is 332 g/mol. The van der Waals surface area contributed by atoms with E-state index in [1.165, 1.54) is 5.56 Å². The van der Waals surface area contributed by atoms with Gasteiger partial charge in [-0.15, -0.1) is 12.4 Å². The molecule has 1 amide bonds. The Bertz CT molecular complexity index is 730. The van der Waals surface area contributed by atoms with Gasteiger partial charge in [-0.2, -0.15) is 0 Å². The second-order valence-electron chi connectivity index (χ2n) is 7.33. The van der Waals surface area contributed by atoms with Gasteiger partial charge in [-0.05, 0) is 37.5 Å². The van der Waals surface area contributed by atoms with E-state index in [2.05, 4.69) is 31.2 Å². The lowest BCUT2D eigenvalue weighted by Crippen LogP contribution is -2.43. The predicted molar refractivity (Wildman–Crippen MR) is 105 cm³/mol. The Hall–Kier alpha value is -1.84. The van der Waals surface area contributed by atoms with E-state index in [1.54, 1.807) is 0 Å². The molecule has 2 aromatic carbocycles. The van der Waals surface area contributed by atoms with Crippen molar-refractivity contribution < 1.29 is 4.79 Å². The number of likely N-dealkylation sites (tertiary alicyclic amines) is 1. The first-order chi connectivity index (χ1) is 11.4. The molecule has 1 aliphatic heterocycles. The van der Waals surface area contributed by atoms with Gasteiger partial charge in [0.1, 0.15) is 0 Å². The van der Waals surface area contributed by atoms with Crippen LogP contribution in [0, 0.1) is 6.92 Å². The van der Waals surface area contributed by atoms with E-state index >= 15 is 0 Å². The van der Waals surface area contributed by atoms with Crippen molar-refractivity contribution in [3.63, 3.8) is 0 Å². The zero-order chi connectivity index (χ0) is 17.3. The Morgan fingerprint density at radius 1 is 1.04 bits per heavy atom. The van der Waals surface area contributed by atoms with Crippen LogP contribution in [-0.4, -0.2) is 29.9 Å². The molecular formula is C21H27ClN2O. The number of benzene rings is 2. The smallest absolute Gasteiger partial charge is 0.232 e. The van der Waals surface area contributed by atoms with E-state index in [0.29, 0.717) is 13.1 Å². The monoisotopic (exact) mass is 358 g/mol. The van der Waals surface area contributed by atoms with Crippen molar-refractivity contribution in [1.82, 2.24) is 4.90 Å². The quantitative estimate of drug-likeness (QED) is 0.910. The highest BCUT2D eigenvalue weighted by Gasteiger charge is 2.40. The van der Waals surface area contributed by atoms with Gasteiger partial charge in [0.05, 0.1) is 5.41 Å². The van der Waals surface area contributed by atoms with Crippen molar-refractivity contribution in [2.75, 3.05) is 13.1 Å². The van der Waals surface area contributed by atoms with Crippen LogP contribution < -0.4 is 5.73 Å². The fraction of sp³-hybridized carbons (Fsp3) is 0.381. The topological polar surface area (TPSA) is 46.3 Å². The summed E-state index contributed by atoms with van der Waals surface area (Å²) in [7, 11) is 0. The number of hydrogen-bond acceptors (Lipinski definition) is 2. The summed E-state index contributed by atoms with van der Waals surface area (Å²) in [6.45, 7) is 7.40. The Labute approximate surface area is 156 Å². The number of rotatable bonds is 3. The van der Waals surface area contributed by atoms with Crippen LogP contribution in [0.1, 0.15) is 36.5 Å². The van der Waals surface area contributed by atoms with Gasteiger partial charge in [-0.25, -0.2) is 0 Å². The van der Waals surface area contributed by atoms with Crippen LogP contribution in [0.2, 0.25) is 0 Å². The molecule has 3 nitrogen and oxygen atoms in total. The highest BCUT2D eigenvalue weighted by molar-refractivity contribution is 5.88. The van der Waals surface area contributed by atoms with Crippen LogP contribution in [0.5, 0.6) is 0 Å². The maximum atomic E-state index is 13.2. The predicted octanol–water partition coefficient (Wildman–Crippen LogP) is 3.65. The number of carbonyl (C=O) groups is 1. The number of halogens is 1. The minimum atomic E-state index is -0.545. The Kier molecular flexibility index (Phi) is 5.91. The van der Waals surface area contributed by atoms with Gasteiger partial charge < -0.3 is 10.6 Å². The summed E-state index contributed by atoms with van der Waals surface area (Å²) in [5.74, 6) is 0.369. The molecule has 2 aromatic rings. The molecule has 0 saturated carbocycles. The van der Waals surface area contributed by atoms with Gasteiger partial charge in [0.25, 0.3) is 0 Å². The van der Waals surface area contributed by atoms with E-state index < -0.39 is 5.41 Å². The normalized spacial score (nSPS) is 20.2. The molecule has 3 rings (SSSR count). The van der Waals surface area contributed by atoms with Gasteiger partial charge in [0.2, 0.25) is 5.91 Å². The molecule has 1 aliphatic rings. The molecule has 0 aliphatic carbocycles. The van der Waals surface area contributed by atoms with E-state index in [0.717, 1.165) is 11.1 Å². The van der Waals surface area contributed by atoms with Crippen LogP contribution in [0.25, 0.3) is 0 Å². The molecule has 4 heteroatoms. The molecule has 0 spiro atoms. The lowest BCUT2D eigenvalue weighted by molar-refractivity contribution is -0.135. The summed E-state index contributed by atoms with van der Waals surface area (Å²) in [6, 6.07) is 18.4. The zero-order valence-corrected chi connectivity index (χ0v) is 15.9. The minimum Gasteiger partial charge on any atom is -0.340 e. The summed E-state index contributed by atoms with van der Waals surface area (Å²) < 4.78 is 0. The van der Waals surface area contributed by atoms with Crippen molar-refractivity contribution >= 4 is 18.3 Å². The van der Waals surface area contributed by atoms with Crippen LogP contribution in [0.3, 0.4) is 0 Å². The summed E-state index contributed by atoms with van der Waals surface area (Å²) in [6.07, 6.45) is 0. The Balaban J connectivity index is 0.00000225. The second-order valence-corrected chi connectivity index (χ2v) is 7.33. The fourth-order valence-corrected chi connectivity index (χ4v) is 3.83. The first kappa shape index (κ1) is 19.5. The van der Waals surface area contributed by atoms with Gasteiger partial charge in [0.15, 0.2) is 0 Å². The molecule has 0 aromatic heterocycles.